The first-order chi connectivity index (χ1) is 16.0. The molecule has 0 bridgehead atoms. The van der Waals surface area contributed by atoms with Crippen molar-refractivity contribution in [3.63, 3.8) is 0 Å². The molecule has 3 aromatic carbocycles. The molecule has 174 valence electrons. The maximum absolute atomic E-state index is 6.96. The van der Waals surface area contributed by atoms with E-state index in [1.54, 1.807) is 7.11 Å². The summed E-state index contributed by atoms with van der Waals surface area (Å²) in [5, 5.41) is 8.57. The highest BCUT2D eigenvalue weighted by Gasteiger charge is 2.24. The van der Waals surface area contributed by atoms with E-state index in [0.29, 0.717) is 0 Å². The van der Waals surface area contributed by atoms with Crippen LogP contribution < -0.4 is 15.4 Å². The topological polar surface area (TPSA) is 33.3 Å². The summed E-state index contributed by atoms with van der Waals surface area (Å²) in [6.45, 7) is 6.36. The Hall–Kier alpha value is -2.46. The van der Waals surface area contributed by atoms with Gasteiger partial charge >= 0.3 is 0 Å². The van der Waals surface area contributed by atoms with Gasteiger partial charge in [0.05, 0.1) is 18.2 Å². The zero-order valence-corrected chi connectivity index (χ0v) is 21.0. The van der Waals surface area contributed by atoms with E-state index in [0.717, 1.165) is 57.4 Å². The van der Waals surface area contributed by atoms with Gasteiger partial charge in [-0.25, -0.2) is 0 Å². The molecule has 0 fully saturated rings. The third-order valence-corrected chi connectivity index (χ3v) is 6.68. The summed E-state index contributed by atoms with van der Waals surface area (Å²) < 4.78 is 5.56. The fourth-order valence-corrected chi connectivity index (χ4v) is 4.64. The predicted molar refractivity (Wildman–Crippen MR) is 140 cm³/mol. The Labute approximate surface area is 207 Å². The van der Waals surface area contributed by atoms with Crippen molar-refractivity contribution in [2.24, 2.45) is 0 Å². The fraction of sp³-hybridized carbons (Fsp3) is 0.286. The lowest BCUT2D eigenvalue weighted by Crippen LogP contribution is -2.32. The van der Waals surface area contributed by atoms with Gasteiger partial charge in [0.2, 0.25) is 0 Å². The van der Waals surface area contributed by atoms with Crippen molar-refractivity contribution in [2.75, 3.05) is 14.2 Å². The molecule has 0 radical (unpaired) electrons. The average molecular weight is 483 g/mol. The van der Waals surface area contributed by atoms with Gasteiger partial charge in [-0.3, -0.25) is 5.32 Å². The summed E-state index contributed by atoms with van der Waals surface area (Å²) in [5.41, 5.74) is 5.37. The average Bonchev–Trinajstić information content (AvgIpc) is 2.85. The van der Waals surface area contributed by atoms with Gasteiger partial charge in [0.15, 0.2) is 0 Å². The molecule has 0 unspecified atom stereocenters. The first-order valence-corrected chi connectivity index (χ1v) is 12.0. The first-order valence-electron chi connectivity index (χ1n) is 11.3. The Morgan fingerprint density at radius 1 is 1.00 bits per heavy atom. The maximum Gasteiger partial charge on any atom is 0.123 e. The van der Waals surface area contributed by atoms with Crippen LogP contribution in [0.1, 0.15) is 47.7 Å². The van der Waals surface area contributed by atoms with Gasteiger partial charge in [0.1, 0.15) is 5.75 Å². The Balaban J connectivity index is 1.99. The molecule has 0 aromatic heterocycles. The van der Waals surface area contributed by atoms with Gasteiger partial charge in [-0.2, -0.15) is 0 Å². The summed E-state index contributed by atoms with van der Waals surface area (Å²) in [6, 6.07) is 22.4. The third-order valence-electron chi connectivity index (χ3n) is 5.98. The maximum atomic E-state index is 6.96. The lowest BCUT2D eigenvalue weighted by molar-refractivity contribution is 0.408. The van der Waals surface area contributed by atoms with Crippen molar-refractivity contribution in [1.82, 2.24) is 10.6 Å². The zero-order valence-electron chi connectivity index (χ0n) is 19.5. The predicted octanol–water partition coefficient (Wildman–Crippen LogP) is 7.30. The highest BCUT2D eigenvalue weighted by atomic mass is 35.5. The van der Waals surface area contributed by atoms with Gasteiger partial charge < -0.3 is 10.1 Å². The van der Waals surface area contributed by atoms with Crippen LogP contribution in [0, 0.1) is 0 Å². The molecule has 0 aliphatic heterocycles. The van der Waals surface area contributed by atoms with Gasteiger partial charge in [-0.1, -0.05) is 85.2 Å². The Morgan fingerprint density at radius 2 is 1.70 bits per heavy atom. The van der Waals surface area contributed by atoms with Crippen LogP contribution in [0.15, 0.2) is 79.0 Å². The van der Waals surface area contributed by atoms with Gasteiger partial charge in [0.25, 0.3) is 0 Å². The van der Waals surface area contributed by atoms with Crippen molar-refractivity contribution in [2.45, 2.75) is 38.3 Å². The highest BCUT2D eigenvalue weighted by molar-refractivity contribution is 6.32. The van der Waals surface area contributed by atoms with Gasteiger partial charge in [0, 0.05) is 29.4 Å². The molecule has 33 heavy (non-hydrogen) atoms. The van der Waals surface area contributed by atoms with Crippen molar-refractivity contribution in [1.29, 1.82) is 0 Å². The van der Waals surface area contributed by atoms with E-state index in [1.165, 1.54) is 5.56 Å². The van der Waals surface area contributed by atoms with E-state index >= 15 is 0 Å². The van der Waals surface area contributed by atoms with Gasteiger partial charge in [-0.15, -0.1) is 0 Å². The summed E-state index contributed by atoms with van der Waals surface area (Å²) >= 11 is 13.0. The minimum absolute atomic E-state index is 0.000287. The smallest absolute Gasteiger partial charge is 0.123 e. The minimum Gasteiger partial charge on any atom is -0.496 e. The molecule has 3 nitrogen and oxygen atoms in total. The van der Waals surface area contributed by atoms with E-state index in [9.17, 15) is 0 Å². The molecule has 2 atom stereocenters. The number of hydrogen-bond donors (Lipinski definition) is 2. The number of aryl methyl sites for hydroxylation is 1. The highest BCUT2D eigenvalue weighted by Crippen LogP contribution is 2.37. The van der Waals surface area contributed by atoms with Crippen LogP contribution in [0.25, 0.3) is 0 Å². The molecular formula is C28H32Cl2N2O. The summed E-state index contributed by atoms with van der Waals surface area (Å²) in [5.74, 6) is 0.821. The van der Waals surface area contributed by atoms with Crippen molar-refractivity contribution in [3.05, 3.63) is 111 Å². The molecule has 0 heterocycles. The van der Waals surface area contributed by atoms with Crippen LogP contribution in [0.5, 0.6) is 5.75 Å². The lowest BCUT2D eigenvalue weighted by atomic mass is 9.94. The quantitative estimate of drug-likeness (QED) is 0.300. The lowest BCUT2D eigenvalue weighted by Gasteiger charge is -2.29. The number of likely N-dealkylation sites (N-methyl/N-ethyl adjacent to an activating group) is 1. The molecule has 0 amide bonds. The Morgan fingerprint density at radius 3 is 2.30 bits per heavy atom. The molecule has 0 aliphatic rings. The van der Waals surface area contributed by atoms with Crippen LogP contribution in [-0.4, -0.2) is 14.2 Å². The monoisotopic (exact) mass is 482 g/mol. The number of methoxy groups -OCH3 is 1. The first kappa shape index (κ1) is 25.2. The molecular weight excluding hydrogens is 451 g/mol. The standard InChI is InChI=1S/C28H32Cl2N2O/c1-5-23-26(33-4)18-16-24(27(23)30)25(17-13-20-11-14-22(29)15-12-20)32-28(19(2)31-3)21-9-7-6-8-10-21/h6-12,14-16,18,25,28,31-32H,2,5,13,17H2,1,3-4H3/t25-,28-/m0/s1. The van der Waals surface area contributed by atoms with Crippen molar-refractivity contribution in [3.8, 4) is 5.75 Å². The van der Waals surface area contributed by atoms with Crippen LogP contribution in [0.2, 0.25) is 10.0 Å². The second-order valence-corrected chi connectivity index (χ2v) is 8.82. The molecule has 0 saturated carbocycles. The minimum atomic E-state index is -0.0744. The van der Waals surface area contributed by atoms with Crippen LogP contribution in [0.4, 0.5) is 0 Å². The van der Waals surface area contributed by atoms with Crippen LogP contribution in [-0.2, 0) is 12.8 Å². The second-order valence-electron chi connectivity index (χ2n) is 8.01. The molecule has 3 rings (SSSR count). The Kier molecular flexibility index (Phi) is 9.25. The Bertz CT molecular complexity index is 1050. The van der Waals surface area contributed by atoms with Crippen LogP contribution >= 0.6 is 23.2 Å². The number of halogens is 2. The van der Waals surface area contributed by atoms with Crippen molar-refractivity contribution >= 4 is 23.2 Å². The summed E-state index contributed by atoms with van der Waals surface area (Å²) in [4.78, 5) is 0. The molecule has 0 spiro atoms. The second kappa shape index (κ2) is 12.1. The molecule has 3 aromatic rings. The molecule has 0 aliphatic carbocycles. The van der Waals surface area contributed by atoms with E-state index in [-0.39, 0.29) is 12.1 Å². The summed E-state index contributed by atoms with van der Waals surface area (Å²) in [6.07, 6.45) is 2.54. The van der Waals surface area contributed by atoms with E-state index < -0.39 is 0 Å². The SMILES string of the molecule is C=C(NC)[C@H](N[C@@H](CCc1ccc(Cl)cc1)c1ccc(OC)c(CC)c1Cl)c1ccccc1. The third kappa shape index (κ3) is 6.32. The number of hydrogen-bond acceptors (Lipinski definition) is 3. The normalized spacial score (nSPS) is 12.8. The molecule has 0 saturated heterocycles. The molecule has 2 N–H and O–H groups in total. The van der Waals surface area contributed by atoms with Crippen molar-refractivity contribution < 1.29 is 4.74 Å². The number of nitrogens with one attached hydrogen (secondary N) is 2. The largest absolute Gasteiger partial charge is 0.496 e. The van der Waals surface area contributed by atoms with E-state index in [2.05, 4.69) is 54.5 Å². The number of benzene rings is 3. The van der Waals surface area contributed by atoms with E-state index in [4.69, 9.17) is 27.9 Å². The van der Waals surface area contributed by atoms with Gasteiger partial charge in [-0.05, 0) is 54.2 Å². The summed E-state index contributed by atoms with van der Waals surface area (Å²) in [7, 11) is 3.58. The van der Waals surface area contributed by atoms with Crippen LogP contribution in [0.3, 0.4) is 0 Å². The van der Waals surface area contributed by atoms with E-state index in [1.807, 2.05) is 43.4 Å². The number of ether oxygens (including phenoxy) is 1. The molecule has 5 heteroatoms. The zero-order chi connectivity index (χ0) is 23.8. The number of rotatable bonds is 11. The fourth-order valence-electron chi connectivity index (χ4n) is 4.09.